The minimum atomic E-state index is -0.697. The molecule has 1 heterocycles. The lowest BCUT2D eigenvalue weighted by Gasteiger charge is -2.18. The number of rotatable bonds is 6. The first-order chi connectivity index (χ1) is 12.5. The van der Waals surface area contributed by atoms with Gasteiger partial charge < -0.3 is 15.0 Å². The highest BCUT2D eigenvalue weighted by molar-refractivity contribution is 9.10. The lowest BCUT2D eigenvalue weighted by Crippen LogP contribution is -2.39. The molecule has 26 heavy (non-hydrogen) atoms. The molecule has 10 heteroatoms. The molecule has 0 aliphatic carbocycles. The molecule has 0 aliphatic heterocycles. The topological polar surface area (TPSA) is 96.4 Å². The van der Waals surface area contributed by atoms with Crippen molar-refractivity contribution in [1.82, 2.24) is 20.2 Å². The summed E-state index contributed by atoms with van der Waals surface area (Å²) in [6.45, 7) is 0.562. The predicted octanol–water partition coefficient (Wildman–Crippen LogP) is 3.28. The number of nitrogens with one attached hydrogen (secondary N) is 2. The molecule has 138 valence electrons. The van der Waals surface area contributed by atoms with Gasteiger partial charge in [-0.05, 0) is 27.6 Å². The van der Waals surface area contributed by atoms with Gasteiger partial charge in [0.1, 0.15) is 6.61 Å². The zero-order chi connectivity index (χ0) is 18.9. The van der Waals surface area contributed by atoms with Gasteiger partial charge in [-0.3, -0.25) is 5.32 Å². The Morgan fingerprint density at radius 3 is 2.65 bits per heavy atom. The van der Waals surface area contributed by atoms with Crippen LogP contribution >= 0.6 is 27.5 Å². The summed E-state index contributed by atoms with van der Waals surface area (Å²) in [7, 11) is 1.60. The molecule has 0 saturated carbocycles. The number of amides is 3. The van der Waals surface area contributed by atoms with Crippen LogP contribution in [0.2, 0.25) is 5.02 Å². The molecule has 0 bridgehead atoms. The van der Waals surface area contributed by atoms with Gasteiger partial charge in [0.15, 0.2) is 0 Å². The maximum Gasteiger partial charge on any atom is 0.414 e. The highest BCUT2D eigenvalue weighted by atomic mass is 79.9. The lowest BCUT2D eigenvalue weighted by molar-refractivity contribution is 0.146. The third kappa shape index (κ3) is 6.49. The number of ether oxygens (including phenoxy) is 1. The minimum absolute atomic E-state index is 0.0262. The van der Waals surface area contributed by atoms with Gasteiger partial charge in [-0.2, -0.15) is 0 Å². The number of anilines is 1. The second-order valence-corrected chi connectivity index (χ2v) is 6.48. The molecule has 2 N–H and O–H groups in total. The van der Waals surface area contributed by atoms with Crippen molar-refractivity contribution in [1.29, 1.82) is 0 Å². The Labute approximate surface area is 164 Å². The minimum Gasteiger partial charge on any atom is -0.447 e. The molecule has 1 aromatic carbocycles. The van der Waals surface area contributed by atoms with E-state index in [0.29, 0.717) is 16.0 Å². The van der Waals surface area contributed by atoms with Crippen LogP contribution in [0, 0.1) is 0 Å². The fraction of sp³-hybridized carbons (Fsp3) is 0.250. The zero-order valence-corrected chi connectivity index (χ0v) is 16.2. The lowest BCUT2D eigenvalue weighted by atomic mass is 10.2. The maximum absolute atomic E-state index is 12.0. The van der Waals surface area contributed by atoms with Crippen LogP contribution in [-0.4, -0.2) is 47.2 Å². The van der Waals surface area contributed by atoms with E-state index in [1.165, 1.54) is 17.3 Å². The third-order valence-electron chi connectivity index (χ3n) is 3.23. The van der Waals surface area contributed by atoms with Crippen molar-refractivity contribution in [2.45, 2.75) is 6.54 Å². The van der Waals surface area contributed by atoms with Gasteiger partial charge >= 0.3 is 12.1 Å². The van der Waals surface area contributed by atoms with Gasteiger partial charge in [-0.15, -0.1) is 0 Å². The van der Waals surface area contributed by atoms with E-state index in [2.05, 4.69) is 36.5 Å². The largest absolute Gasteiger partial charge is 0.447 e. The Hall–Kier alpha value is -2.39. The summed E-state index contributed by atoms with van der Waals surface area (Å²) < 4.78 is 5.69. The van der Waals surface area contributed by atoms with Crippen LogP contribution in [0.15, 0.2) is 41.1 Å². The second-order valence-electron chi connectivity index (χ2n) is 5.16. The summed E-state index contributed by atoms with van der Waals surface area (Å²) in [5.41, 5.74) is 0.820. The van der Waals surface area contributed by atoms with Crippen molar-refractivity contribution in [3.63, 3.8) is 0 Å². The molecule has 0 atom stereocenters. The smallest absolute Gasteiger partial charge is 0.414 e. The predicted molar refractivity (Wildman–Crippen MR) is 101 cm³/mol. The van der Waals surface area contributed by atoms with Gasteiger partial charge in [-0.1, -0.05) is 29.8 Å². The van der Waals surface area contributed by atoms with E-state index < -0.39 is 6.09 Å². The molecule has 0 unspecified atom stereocenters. The average molecular weight is 443 g/mol. The fourth-order valence-corrected chi connectivity index (χ4v) is 2.24. The van der Waals surface area contributed by atoms with Crippen molar-refractivity contribution >= 4 is 45.6 Å². The van der Waals surface area contributed by atoms with Crippen LogP contribution in [-0.2, 0) is 11.3 Å². The SMILES string of the molecule is CN(CCOC(=O)Nc1ncc(Br)cn1)C(=O)NCc1ccccc1Cl. The Balaban J connectivity index is 1.68. The number of urea groups is 1. The highest BCUT2D eigenvalue weighted by Gasteiger charge is 2.11. The van der Waals surface area contributed by atoms with Crippen LogP contribution in [0.5, 0.6) is 0 Å². The Morgan fingerprint density at radius 1 is 1.27 bits per heavy atom. The Bertz CT molecular complexity index is 760. The molecule has 2 rings (SSSR count). The normalized spacial score (nSPS) is 10.1. The van der Waals surface area contributed by atoms with E-state index in [0.717, 1.165) is 5.56 Å². The van der Waals surface area contributed by atoms with Crippen LogP contribution < -0.4 is 10.6 Å². The second kappa shape index (κ2) is 9.93. The van der Waals surface area contributed by atoms with Crippen molar-refractivity contribution < 1.29 is 14.3 Å². The van der Waals surface area contributed by atoms with E-state index >= 15 is 0 Å². The quantitative estimate of drug-likeness (QED) is 0.715. The van der Waals surface area contributed by atoms with Gasteiger partial charge in [0.05, 0.1) is 11.0 Å². The molecule has 8 nitrogen and oxygen atoms in total. The van der Waals surface area contributed by atoms with E-state index in [-0.39, 0.29) is 25.1 Å². The molecule has 1 aromatic heterocycles. The molecule has 0 aliphatic rings. The van der Waals surface area contributed by atoms with E-state index in [4.69, 9.17) is 16.3 Å². The van der Waals surface area contributed by atoms with Gasteiger partial charge in [-0.25, -0.2) is 19.6 Å². The molecule has 0 radical (unpaired) electrons. The zero-order valence-electron chi connectivity index (χ0n) is 13.9. The molecular formula is C16H17BrClN5O3. The molecule has 0 fully saturated rings. The summed E-state index contributed by atoms with van der Waals surface area (Å²) in [6, 6.07) is 6.96. The molecule has 0 spiro atoms. The van der Waals surface area contributed by atoms with Gasteiger partial charge in [0, 0.05) is 31.0 Å². The van der Waals surface area contributed by atoms with Crippen LogP contribution in [0.3, 0.4) is 0 Å². The summed E-state index contributed by atoms with van der Waals surface area (Å²) in [6.07, 6.45) is 2.30. The maximum atomic E-state index is 12.0. The first kappa shape index (κ1) is 19.9. The van der Waals surface area contributed by atoms with E-state index in [1.54, 1.807) is 13.1 Å². The number of carbonyl (C=O) groups excluding carboxylic acids is 2. The number of benzene rings is 1. The molecule has 3 amide bonds. The summed E-state index contributed by atoms with van der Waals surface area (Å²) in [5, 5.41) is 5.72. The summed E-state index contributed by atoms with van der Waals surface area (Å²) >= 11 is 9.23. The van der Waals surface area contributed by atoms with Gasteiger partial charge in [0.2, 0.25) is 5.95 Å². The van der Waals surface area contributed by atoms with Crippen LogP contribution in [0.1, 0.15) is 5.56 Å². The van der Waals surface area contributed by atoms with Crippen molar-refractivity contribution in [2.24, 2.45) is 0 Å². The number of hydrogen-bond donors (Lipinski definition) is 2. The third-order valence-corrected chi connectivity index (χ3v) is 4.01. The Kier molecular flexibility index (Phi) is 7.61. The number of halogens is 2. The highest BCUT2D eigenvalue weighted by Crippen LogP contribution is 2.14. The standard InChI is InChI=1S/C16H17BrClN5O3/c1-23(15(24)21-8-11-4-2-3-5-13(11)18)6-7-26-16(25)22-14-19-9-12(17)10-20-14/h2-5,9-10H,6-8H2,1H3,(H,21,24)(H,19,20,22,25). The van der Waals surface area contributed by atoms with Crippen molar-refractivity contribution in [3.8, 4) is 0 Å². The monoisotopic (exact) mass is 441 g/mol. The van der Waals surface area contributed by atoms with Gasteiger partial charge in [0.25, 0.3) is 0 Å². The summed E-state index contributed by atoms with van der Waals surface area (Å²) in [5.74, 6) is 0.129. The Morgan fingerprint density at radius 2 is 1.96 bits per heavy atom. The average Bonchev–Trinajstić information content (AvgIpc) is 2.62. The molecular weight excluding hydrogens is 426 g/mol. The van der Waals surface area contributed by atoms with E-state index in [1.807, 2.05) is 18.2 Å². The first-order valence-corrected chi connectivity index (χ1v) is 8.76. The fourth-order valence-electron chi connectivity index (χ4n) is 1.83. The number of hydrogen-bond acceptors (Lipinski definition) is 5. The number of nitrogens with zero attached hydrogens (tertiary/aromatic N) is 3. The van der Waals surface area contributed by atoms with Crippen LogP contribution in [0.4, 0.5) is 15.5 Å². The van der Waals surface area contributed by atoms with E-state index in [9.17, 15) is 9.59 Å². The number of aromatic nitrogens is 2. The summed E-state index contributed by atoms with van der Waals surface area (Å²) in [4.78, 5) is 32.8. The molecule has 0 saturated heterocycles. The number of carbonyl (C=O) groups is 2. The molecule has 2 aromatic rings. The first-order valence-electron chi connectivity index (χ1n) is 7.59. The van der Waals surface area contributed by atoms with Crippen molar-refractivity contribution in [2.75, 3.05) is 25.5 Å². The van der Waals surface area contributed by atoms with Crippen LogP contribution in [0.25, 0.3) is 0 Å². The van der Waals surface area contributed by atoms with Crippen molar-refractivity contribution in [3.05, 3.63) is 51.7 Å². The number of likely N-dealkylation sites (N-methyl/N-ethyl adjacent to an activating group) is 1.